The first-order chi connectivity index (χ1) is 10.5. The first-order valence-corrected chi connectivity index (χ1v) is 8.17. The SMILES string of the molecule is CCCC(C)C(C)=Nc1ccccc1C.Cc1ccccc1. The van der Waals surface area contributed by atoms with E-state index in [0.29, 0.717) is 5.92 Å². The molecule has 0 amide bonds. The highest BCUT2D eigenvalue weighted by atomic mass is 14.7. The second-order valence-electron chi connectivity index (χ2n) is 5.88. The Labute approximate surface area is 136 Å². The third-order valence-corrected chi connectivity index (χ3v) is 3.79. The van der Waals surface area contributed by atoms with E-state index in [1.807, 2.05) is 24.3 Å². The van der Waals surface area contributed by atoms with Crippen molar-refractivity contribution in [3.05, 3.63) is 65.7 Å². The van der Waals surface area contributed by atoms with Crippen LogP contribution in [-0.4, -0.2) is 5.71 Å². The van der Waals surface area contributed by atoms with Gasteiger partial charge < -0.3 is 0 Å². The summed E-state index contributed by atoms with van der Waals surface area (Å²) in [7, 11) is 0. The van der Waals surface area contributed by atoms with E-state index in [9.17, 15) is 0 Å². The molecule has 2 aromatic rings. The summed E-state index contributed by atoms with van der Waals surface area (Å²) >= 11 is 0. The zero-order valence-corrected chi connectivity index (χ0v) is 14.6. The first kappa shape index (κ1) is 18.2. The smallest absolute Gasteiger partial charge is 0.0658 e. The van der Waals surface area contributed by atoms with Crippen LogP contribution in [0.15, 0.2) is 59.6 Å². The van der Waals surface area contributed by atoms with Crippen molar-refractivity contribution >= 4 is 11.4 Å². The summed E-state index contributed by atoms with van der Waals surface area (Å²) in [5.41, 5.74) is 4.92. The Balaban J connectivity index is 0.000000287. The molecule has 0 heterocycles. The molecule has 0 saturated heterocycles. The van der Waals surface area contributed by atoms with Crippen LogP contribution < -0.4 is 0 Å². The van der Waals surface area contributed by atoms with Crippen molar-refractivity contribution in [2.75, 3.05) is 0 Å². The van der Waals surface area contributed by atoms with Gasteiger partial charge in [-0.25, -0.2) is 0 Å². The summed E-state index contributed by atoms with van der Waals surface area (Å²) in [5, 5.41) is 0. The third kappa shape index (κ3) is 6.71. The molecule has 22 heavy (non-hydrogen) atoms. The molecule has 2 aromatic carbocycles. The van der Waals surface area contributed by atoms with Gasteiger partial charge in [0.25, 0.3) is 0 Å². The Morgan fingerprint density at radius 1 is 0.955 bits per heavy atom. The van der Waals surface area contributed by atoms with Gasteiger partial charge in [-0.1, -0.05) is 74.4 Å². The van der Waals surface area contributed by atoms with Crippen molar-refractivity contribution in [2.45, 2.75) is 47.5 Å². The minimum atomic E-state index is 0.592. The molecule has 2 rings (SSSR count). The lowest BCUT2D eigenvalue weighted by molar-refractivity contribution is 0.664. The van der Waals surface area contributed by atoms with Crippen LogP contribution in [0.2, 0.25) is 0 Å². The standard InChI is InChI=1S/C14H21N.C7H8/c1-5-8-11(2)13(4)15-14-10-7-6-9-12(14)3;1-7-5-3-2-4-6-7/h6-7,9-11H,5,8H2,1-4H3;2-6H,1H3. The normalized spacial score (nSPS) is 12.3. The number of aryl methyl sites for hydroxylation is 2. The number of hydrogen-bond acceptors (Lipinski definition) is 1. The predicted octanol–water partition coefficient (Wildman–Crippen LogP) is 6.52. The number of hydrogen-bond donors (Lipinski definition) is 0. The van der Waals surface area contributed by atoms with Crippen LogP contribution >= 0.6 is 0 Å². The molecule has 0 aliphatic heterocycles. The maximum Gasteiger partial charge on any atom is 0.0658 e. The summed E-state index contributed by atoms with van der Waals surface area (Å²) in [6, 6.07) is 18.6. The molecule has 0 aliphatic carbocycles. The van der Waals surface area contributed by atoms with Crippen LogP contribution in [0.1, 0.15) is 44.7 Å². The highest BCUT2D eigenvalue weighted by Gasteiger charge is 2.04. The molecule has 0 N–H and O–H groups in total. The second kappa shape index (κ2) is 9.94. The Kier molecular flexibility index (Phi) is 8.21. The molecule has 0 fully saturated rings. The average Bonchev–Trinajstić information content (AvgIpc) is 2.51. The van der Waals surface area contributed by atoms with E-state index in [2.05, 4.69) is 65.0 Å². The Morgan fingerprint density at radius 2 is 1.55 bits per heavy atom. The third-order valence-electron chi connectivity index (χ3n) is 3.79. The number of benzene rings is 2. The van der Waals surface area contributed by atoms with Crippen molar-refractivity contribution in [3.8, 4) is 0 Å². The first-order valence-electron chi connectivity index (χ1n) is 8.17. The van der Waals surface area contributed by atoms with Gasteiger partial charge in [0.05, 0.1) is 5.69 Å². The van der Waals surface area contributed by atoms with Gasteiger partial charge in [-0.05, 0) is 44.7 Å². The monoisotopic (exact) mass is 295 g/mol. The molecule has 0 aromatic heterocycles. The quantitative estimate of drug-likeness (QED) is 0.569. The van der Waals surface area contributed by atoms with Crippen LogP contribution in [0.3, 0.4) is 0 Å². The summed E-state index contributed by atoms with van der Waals surface area (Å²) in [6.45, 7) is 10.8. The number of rotatable bonds is 4. The van der Waals surface area contributed by atoms with E-state index in [0.717, 1.165) is 5.69 Å². The summed E-state index contributed by atoms with van der Waals surface area (Å²) in [6.07, 6.45) is 2.45. The Morgan fingerprint density at radius 3 is 2.05 bits per heavy atom. The molecule has 0 spiro atoms. The van der Waals surface area contributed by atoms with E-state index in [4.69, 9.17) is 4.99 Å². The highest BCUT2D eigenvalue weighted by molar-refractivity contribution is 5.86. The van der Waals surface area contributed by atoms with E-state index < -0.39 is 0 Å². The highest BCUT2D eigenvalue weighted by Crippen LogP contribution is 2.19. The fourth-order valence-corrected chi connectivity index (χ4v) is 2.17. The van der Waals surface area contributed by atoms with E-state index in [1.54, 1.807) is 0 Å². The van der Waals surface area contributed by atoms with Gasteiger partial charge in [-0.3, -0.25) is 4.99 Å². The topological polar surface area (TPSA) is 12.4 Å². The van der Waals surface area contributed by atoms with Crippen molar-refractivity contribution < 1.29 is 0 Å². The van der Waals surface area contributed by atoms with Crippen LogP contribution in [0.5, 0.6) is 0 Å². The van der Waals surface area contributed by atoms with Gasteiger partial charge in [0.1, 0.15) is 0 Å². The maximum atomic E-state index is 4.69. The molecule has 1 atom stereocenters. The molecule has 118 valence electrons. The molecule has 0 saturated carbocycles. The summed E-state index contributed by atoms with van der Waals surface area (Å²) < 4.78 is 0. The molecular formula is C21H29N. The van der Waals surface area contributed by atoms with Gasteiger partial charge in [0, 0.05) is 5.71 Å². The minimum absolute atomic E-state index is 0.592. The van der Waals surface area contributed by atoms with Crippen molar-refractivity contribution in [3.63, 3.8) is 0 Å². The van der Waals surface area contributed by atoms with Crippen molar-refractivity contribution in [1.82, 2.24) is 0 Å². The predicted molar refractivity (Wildman–Crippen MR) is 99.2 cm³/mol. The van der Waals surface area contributed by atoms with Crippen LogP contribution in [0.25, 0.3) is 0 Å². The number of nitrogens with zero attached hydrogens (tertiary/aromatic N) is 1. The van der Waals surface area contributed by atoms with Crippen LogP contribution in [-0.2, 0) is 0 Å². The lowest BCUT2D eigenvalue weighted by Gasteiger charge is -2.10. The van der Waals surface area contributed by atoms with E-state index >= 15 is 0 Å². The largest absolute Gasteiger partial charge is 0.258 e. The molecule has 1 nitrogen and oxygen atoms in total. The minimum Gasteiger partial charge on any atom is -0.258 e. The fourth-order valence-electron chi connectivity index (χ4n) is 2.17. The molecule has 1 unspecified atom stereocenters. The van der Waals surface area contributed by atoms with Crippen molar-refractivity contribution in [1.29, 1.82) is 0 Å². The van der Waals surface area contributed by atoms with Crippen LogP contribution in [0, 0.1) is 19.8 Å². The molecule has 1 heteroatoms. The number of aliphatic imine (C=N–C) groups is 1. The number of para-hydroxylation sites is 1. The zero-order valence-electron chi connectivity index (χ0n) is 14.6. The summed E-state index contributed by atoms with van der Waals surface area (Å²) in [5.74, 6) is 0.592. The van der Waals surface area contributed by atoms with Crippen LogP contribution in [0.4, 0.5) is 5.69 Å². The van der Waals surface area contributed by atoms with Gasteiger partial charge in [-0.15, -0.1) is 0 Å². The van der Waals surface area contributed by atoms with Gasteiger partial charge in [0.15, 0.2) is 0 Å². The second-order valence-corrected chi connectivity index (χ2v) is 5.88. The fraction of sp³-hybridized carbons (Fsp3) is 0.381. The van der Waals surface area contributed by atoms with Crippen molar-refractivity contribution in [2.24, 2.45) is 10.9 Å². The lowest BCUT2D eigenvalue weighted by Crippen LogP contribution is -2.05. The average molecular weight is 295 g/mol. The molecule has 0 radical (unpaired) electrons. The molecule has 0 aliphatic rings. The Hall–Kier alpha value is -1.89. The van der Waals surface area contributed by atoms with E-state index in [-0.39, 0.29) is 0 Å². The van der Waals surface area contributed by atoms with Gasteiger partial charge >= 0.3 is 0 Å². The van der Waals surface area contributed by atoms with Gasteiger partial charge in [-0.2, -0.15) is 0 Å². The maximum absolute atomic E-state index is 4.69. The molecule has 0 bridgehead atoms. The lowest BCUT2D eigenvalue weighted by atomic mass is 10.0. The van der Waals surface area contributed by atoms with Gasteiger partial charge in [0.2, 0.25) is 0 Å². The zero-order chi connectivity index (χ0) is 16.4. The Bertz CT molecular complexity index is 569. The van der Waals surface area contributed by atoms with E-state index in [1.165, 1.54) is 29.7 Å². The molecular weight excluding hydrogens is 266 g/mol. The summed E-state index contributed by atoms with van der Waals surface area (Å²) in [4.78, 5) is 4.69.